The number of hydrogen-bond donors (Lipinski definition) is 0. The maximum Gasteiger partial charge on any atom is 0.306 e. The maximum atomic E-state index is 12.9. The van der Waals surface area contributed by atoms with Crippen LogP contribution in [0.15, 0.2) is 12.2 Å². The fourth-order valence-electron chi connectivity index (χ4n) is 3.97. The third-order valence-corrected chi connectivity index (χ3v) is 17.6. The van der Waals surface area contributed by atoms with E-state index in [2.05, 4.69) is 74.7 Å². The molecule has 7 heteroatoms. The molecule has 0 rings (SSSR count). The zero-order valence-electron chi connectivity index (χ0n) is 29.6. The summed E-state index contributed by atoms with van der Waals surface area (Å²) in [5.74, 6) is 0.0278. The average Bonchev–Trinajstić information content (AvgIpc) is 2.77. The lowest BCUT2D eigenvalue weighted by atomic mass is 10.0. The van der Waals surface area contributed by atoms with Crippen LogP contribution in [0.1, 0.15) is 140 Å². The Morgan fingerprint density at radius 3 is 1.66 bits per heavy atom. The van der Waals surface area contributed by atoms with Gasteiger partial charge in [0.1, 0.15) is 5.60 Å². The lowest BCUT2D eigenvalue weighted by molar-refractivity contribution is -0.154. The Balaban J connectivity index is 5.36. The van der Waals surface area contributed by atoms with E-state index in [0.29, 0.717) is 12.8 Å². The fraction of sp³-hybridized carbons (Fsp3) is 0.882. The minimum atomic E-state index is -2.10. The van der Waals surface area contributed by atoms with Gasteiger partial charge in [-0.1, -0.05) is 93.1 Å². The van der Waals surface area contributed by atoms with Crippen molar-refractivity contribution in [3.63, 3.8) is 0 Å². The molecule has 0 aliphatic carbocycles. The van der Waals surface area contributed by atoms with Crippen molar-refractivity contribution >= 4 is 28.4 Å². The maximum absolute atomic E-state index is 12.9. The van der Waals surface area contributed by atoms with E-state index in [0.717, 1.165) is 51.4 Å². The zero-order valence-corrected chi connectivity index (χ0v) is 31.6. The molecule has 0 aliphatic rings. The normalized spacial score (nSPS) is 15.3. The number of rotatable bonds is 19. The molecule has 0 N–H and O–H groups in total. The van der Waals surface area contributed by atoms with Crippen molar-refractivity contribution in [1.29, 1.82) is 0 Å². The van der Waals surface area contributed by atoms with Crippen LogP contribution in [0.25, 0.3) is 0 Å². The largest absolute Gasteiger partial charge is 0.460 e. The molecule has 0 saturated heterocycles. The molecule has 0 aromatic heterocycles. The van der Waals surface area contributed by atoms with Gasteiger partial charge in [-0.15, -0.1) is 0 Å². The molecule has 0 spiro atoms. The van der Waals surface area contributed by atoms with Crippen LogP contribution in [0.2, 0.25) is 36.3 Å². The van der Waals surface area contributed by atoms with Gasteiger partial charge in [0.15, 0.2) is 22.4 Å². The van der Waals surface area contributed by atoms with Gasteiger partial charge >= 0.3 is 5.97 Å². The highest BCUT2D eigenvalue weighted by molar-refractivity contribution is 6.74. The van der Waals surface area contributed by atoms with Gasteiger partial charge in [-0.3, -0.25) is 9.59 Å². The second kappa shape index (κ2) is 17.5. The van der Waals surface area contributed by atoms with Crippen LogP contribution in [0.5, 0.6) is 0 Å². The van der Waals surface area contributed by atoms with Crippen LogP contribution in [0.3, 0.4) is 0 Å². The average molecular weight is 613 g/mol. The summed E-state index contributed by atoms with van der Waals surface area (Å²) in [7, 11) is -4.13. The minimum absolute atomic E-state index is 0.0504. The highest BCUT2D eigenvalue weighted by Gasteiger charge is 2.44. The summed E-state index contributed by atoms with van der Waals surface area (Å²) in [6.45, 7) is 30.7. The molecule has 0 bridgehead atoms. The first-order valence-corrected chi connectivity index (χ1v) is 22.1. The van der Waals surface area contributed by atoms with E-state index in [1.165, 1.54) is 6.42 Å². The van der Waals surface area contributed by atoms with E-state index in [4.69, 9.17) is 13.6 Å². The highest BCUT2D eigenvalue weighted by Crippen LogP contribution is 2.41. The van der Waals surface area contributed by atoms with Gasteiger partial charge < -0.3 is 13.6 Å². The van der Waals surface area contributed by atoms with Crippen LogP contribution >= 0.6 is 0 Å². The van der Waals surface area contributed by atoms with E-state index in [1.54, 1.807) is 6.08 Å². The number of unbranched alkanes of at least 4 members (excludes halogenated alkanes) is 6. The lowest BCUT2D eigenvalue weighted by Gasteiger charge is -2.44. The van der Waals surface area contributed by atoms with Gasteiger partial charge in [0.2, 0.25) is 0 Å². The van der Waals surface area contributed by atoms with Crippen molar-refractivity contribution in [2.45, 2.75) is 194 Å². The van der Waals surface area contributed by atoms with Crippen LogP contribution < -0.4 is 0 Å². The molecule has 0 saturated carbocycles. The topological polar surface area (TPSA) is 61.8 Å². The molecule has 0 aliphatic heterocycles. The smallest absolute Gasteiger partial charge is 0.306 e. The Morgan fingerprint density at radius 2 is 1.17 bits per heavy atom. The molecule has 0 fully saturated rings. The van der Waals surface area contributed by atoms with Crippen molar-refractivity contribution in [1.82, 2.24) is 0 Å². The monoisotopic (exact) mass is 612 g/mol. The summed E-state index contributed by atoms with van der Waals surface area (Å²) >= 11 is 0. The Bertz CT molecular complexity index is 797. The Hall–Kier alpha value is -0.766. The summed E-state index contributed by atoms with van der Waals surface area (Å²) in [5, 5.41) is 0.168. The molecule has 41 heavy (non-hydrogen) atoms. The van der Waals surface area contributed by atoms with Gasteiger partial charge in [0.25, 0.3) is 0 Å². The summed E-state index contributed by atoms with van der Waals surface area (Å²) in [6, 6.07) is 0. The van der Waals surface area contributed by atoms with Gasteiger partial charge in [-0.05, 0) is 82.4 Å². The number of esters is 1. The first-order chi connectivity index (χ1) is 18.5. The van der Waals surface area contributed by atoms with Crippen LogP contribution in [0, 0.1) is 0 Å². The molecule has 0 amide bonds. The number of allylic oxidation sites excluding steroid dienone is 1. The van der Waals surface area contributed by atoms with Crippen molar-refractivity contribution in [3.05, 3.63) is 12.2 Å². The predicted molar refractivity (Wildman–Crippen MR) is 181 cm³/mol. The Kier molecular flexibility index (Phi) is 17.2. The van der Waals surface area contributed by atoms with E-state index in [-0.39, 0.29) is 34.0 Å². The van der Waals surface area contributed by atoms with Crippen molar-refractivity contribution < 1.29 is 23.2 Å². The first-order valence-electron chi connectivity index (χ1n) is 16.3. The van der Waals surface area contributed by atoms with Gasteiger partial charge in [-0.2, -0.15) is 0 Å². The Labute approximate surface area is 257 Å². The van der Waals surface area contributed by atoms with E-state index in [9.17, 15) is 9.59 Å². The molecule has 0 heterocycles. The number of ether oxygens (including phenoxy) is 1. The predicted octanol–water partition coefficient (Wildman–Crippen LogP) is 10.5. The molecule has 0 unspecified atom stereocenters. The number of carbonyl (C=O) groups is 2. The molecule has 0 aromatic carbocycles. The van der Waals surface area contributed by atoms with E-state index in [1.807, 2.05) is 26.8 Å². The molecular formula is C34H68O5Si2. The third-order valence-electron chi connectivity index (χ3n) is 8.64. The summed E-state index contributed by atoms with van der Waals surface area (Å²) in [4.78, 5) is 24.8. The molecule has 0 aromatic rings. The van der Waals surface area contributed by atoms with Crippen LogP contribution in [-0.2, 0) is 23.2 Å². The summed E-state index contributed by atoms with van der Waals surface area (Å²) in [6.07, 6.45) is 13.6. The molecule has 242 valence electrons. The SMILES string of the molecule is CCCCC[C@@H](O[Si](C)(C)C(C)(C)C)[C@@H](/C=C/C(=O)CCCCCCCC(=O)OC(C)(C)C)O[Si](C)(C)C(C)(C)C. The number of ketones is 1. The quantitative estimate of drug-likeness (QED) is 0.0628. The number of hydrogen-bond acceptors (Lipinski definition) is 5. The van der Waals surface area contributed by atoms with Crippen molar-refractivity contribution in [2.24, 2.45) is 0 Å². The zero-order chi connectivity index (χ0) is 32.1. The Morgan fingerprint density at radius 1 is 0.683 bits per heavy atom. The molecule has 5 nitrogen and oxygen atoms in total. The summed E-state index contributed by atoms with van der Waals surface area (Å²) in [5.41, 5.74) is -0.425. The second-order valence-corrected chi connectivity index (χ2v) is 25.4. The molecule has 2 atom stereocenters. The standard InChI is InChI=1S/C34H68O5Si2/c1-15-16-20-24-29(38-40(11,12)33(5,6)7)30(39-41(13,14)34(8,9)10)27-26-28(35)23-21-18-17-19-22-25-31(36)37-32(2,3)4/h26-27,29-30H,15-25H2,1-14H3/b27-26+/t29-,30-/m1/s1. The van der Waals surface area contributed by atoms with Gasteiger partial charge in [0.05, 0.1) is 12.2 Å². The van der Waals surface area contributed by atoms with Crippen LogP contribution in [0.4, 0.5) is 0 Å². The summed E-state index contributed by atoms with van der Waals surface area (Å²) < 4.78 is 19.4. The lowest BCUT2D eigenvalue weighted by Crippen LogP contribution is -2.51. The second-order valence-electron chi connectivity index (χ2n) is 15.9. The van der Waals surface area contributed by atoms with Crippen LogP contribution in [-0.4, -0.2) is 46.2 Å². The van der Waals surface area contributed by atoms with Gasteiger partial charge in [-0.25, -0.2) is 0 Å². The highest BCUT2D eigenvalue weighted by atomic mass is 28.4. The van der Waals surface area contributed by atoms with Crippen molar-refractivity contribution in [3.8, 4) is 0 Å². The van der Waals surface area contributed by atoms with E-state index < -0.39 is 22.2 Å². The fourth-order valence-corrected chi connectivity index (χ4v) is 6.60. The van der Waals surface area contributed by atoms with Gasteiger partial charge in [0, 0.05) is 12.8 Å². The number of carbonyl (C=O) groups excluding carboxylic acids is 2. The van der Waals surface area contributed by atoms with Crippen molar-refractivity contribution in [2.75, 3.05) is 0 Å². The third kappa shape index (κ3) is 17.2. The van der Waals surface area contributed by atoms with E-state index >= 15 is 0 Å². The first kappa shape index (κ1) is 40.2. The molecule has 0 radical (unpaired) electrons. The molecular weight excluding hydrogens is 545 g/mol. The minimum Gasteiger partial charge on any atom is -0.460 e.